The van der Waals surface area contributed by atoms with Crippen molar-refractivity contribution < 1.29 is 17.9 Å². The van der Waals surface area contributed by atoms with Crippen LogP contribution in [0.4, 0.5) is 11.4 Å². The van der Waals surface area contributed by atoms with Crippen LogP contribution in [0.1, 0.15) is 5.56 Å². The van der Waals surface area contributed by atoms with E-state index in [1.807, 2.05) is 31.2 Å². The van der Waals surface area contributed by atoms with Crippen LogP contribution in [0, 0.1) is 6.92 Å². The summed E-state index contributed by atoms with van der Waals surface area (Å²) in [5.74, 6) is 0.416. The minimum atomic E-state index is -3.67. The molecule has 3 aromatic rings. The molecule has 7 nitrogen and oxygen atoms in total. The van der Waals surface area contributed by atoms with Gasteiger partial charge in [0.05, 0.1) is 10.6 Å². The van der Waals surface area contributed by atoms with Gasteiger partial charge in [-0.2, -0.15) is 0 Å². The van der Waals surface area contributed by atoms with Gasteiger partial charge in [0.2, 0.25) is 0 Å². The molecule has 0 N–H and O–H groups in total. The summed E-state index contributed by atoms with van der Waals surface area (Å²) in [5.41, 5.74) is 2.54. The average Bonchev–Trinajstić information content (AvgIpc) is 2.87. The number of ether oxygens (including phenoxy) is 1. The Hall–Kier alpha value is -3.23. The normalized spacial score (nSPS) is 14.0. The first-order valence-electron chi connectivity index (χ1n) is 11.3. The van der Waals surface area contributed by atoms with Gasteiger partial charge in [-0.05, 0) is 61.5 Å². The van der Waals surface area contributed by atoms with E-state index in [1.54, 1.807) is 53.4 Å². The summed E-state index contributed by atoms with van der Waals surface area (Å²) in [6, 6.07) is 21.1. The third kappa shape index (κ3) is 5.89. The first-order valence-corrected chi connectivity index (χ1v) is 13.1. The van der Waals surface area contributed by atoms with Crippen molar-refractivity contribution in [3.05, 3.63) is 83.4 Å². The number of amides is 1. The Balaban J connectivity index is 1.30. The molecule has 35 heavy (non-hydrogen) atoms. The number of carbonyl (C=O) groups is 1. The SMILES string of the molecule is Cc1ccc(S(=O)(=O)N(C)c2ccc(OCC(=O)N3CCN(c4cccc(Cl)c4)CC3)cc2)cc1. The Labute approximate surface area is 211 Å². The van der Waals surface area contributed by atoms with Gasteiger partial charge in [0.25, 0.3) is 15.9 Å². The maximum atomic E-state index is 12.9. The fourth-order valence-electron chi connectivity index (χ4n) is 3.88. The fraction of sp³-hybridized carbons (Fsp3) is 0.269. The maximum Gasteiger partial charge on any atom is 0.264 e. The van der Waals surface area contributed by atoms with Crippen LogP contribution in [0.5, 0.6) is 5.75 Å². The van der Waals surface area contributed by atoms with Crippen molar-refractivity contribution in [2.24, 2.45) is 0 Å². The van der Waals surface area contributed by atoms with Crippen LogP contribution in [-0.2, 0) is 14.8 Å². The van der Waals surface area contributed by atoms with Gasteiger partial charge in [-0.15, -0.1) is 0 Å². The van der Waals surface area contributed by atoms with Crippen LogP contribution >= 0.6 is 11.6 Å². The van der Waals surface area contributed by atoms with E-state index >= 15 is 0 Å². The van der Waals surface area contributed by atoms with Gasteiger partial charge < -0.3 is 14.5 Å². The molecular weight excluding hydrogens is 486 g/mol. The zero-order valence-electron chi connectivity index (χ0n) is 19.7. The van der Waals surface area contributed by atoms with E-state index in [0.29, 0.717) is 29.5 Å². The van der Waals surface area contributed by atoms with E-state index in [4.69, 9.17) is 16.3 Å². The summed E-state index contributed by atoms with van der Waals surface area (Å²) in [5, 5.41) is 0.694. The van der Waals surface area contributed by atoms with Crippen LogP contribution in [0.25, 0.3) is 0 Å². The zero-order chi connectivity index (χ0) is 25.0. The van der Waals surface area contributed by atoms with Crippen LogP contribution in [-0.4, -0.2) is 59.1 Å². The molecule has 0 spiro atoms. The summed E-state index contributed by atoms with van der Waals surface area (Å²) < 4.78 is 32.7. The minimum Gasteiger partial charge on any atom is -0.484 e. The second-order valence-corrected chi connectivity index (χ2v) is 10.8. The predicted molar refractivity (Wildman–Crippen MR) is 139 cm³/mol. The zero-order valence-corrected chi connectivity index (χ0v) is 21.3. The number of hydrogen-bond acceptors (Lipinski definition) is 5. The molecule has 0 unspecified atom stereocenters. The Morgan fingerprint density at radius 2 is 1.63 bits per heavy atom. The van der Waals surface area contributed by atoms with Crippen LogP contribution in [0.2, 0.25) is 5.02 Å². The third-order valence-corrected chi connectivity index (χ3v) is 8.08. The molecule has 1 aliphatic rings. The first kappa shape index (κ1) is 24.9. The minimum absolute atomic E-state index is 0.0754. The number of carbonyl (C=O) groups excluding carboxylic acids is 1. The molecule has 4 rings (SSSR count). The highest BCUT2D eigenvalue weighted by atomic mass is 35.5. The van der Waals surface area contributed by atoms with Gasteiger partial charge >= 0.3 is 0 Å². The maximum absolute atomic E-state index is 12.9. The van der Waals surface area contributed by atoms with Crippen molar-refractivity contribution in [2.75, 3.05) is 49.0 Å². The van der Waals surface area contributed by atoms with E-state index < -0.39 is 10.0 Å². The highest BCUT2D eigenvalue weighted by molar-refractivity contribution is 7.92. The van der Waals surface area contributed by atoms with Crippen molar-refractivity contribution >= 4 is 38.9 Å². The molecule has 1 aliphatic heterocycles. The Bertz CT molecular complexity index is 1270. The number of sulfonamides is 1. The molecule has 1 amide bonds. The lowest BCUT2D eigenvalue weighted by atomic mass is 10.2. The Kier molecular flexibility index (Phi) is 7.52. The van der Waals surface area contributed by atoms with E-state index in [2.05, 4.69) is 4.90 Å². The molecule has 1 heterocycles. The summed E-state index contributed by atoms with van der Waals surface area (Å²) in [6.07, 6.45) is 0. The summed E-state index contributed by atoms with van der Waals surface area (Å²) in [4.78, 5) is 16.9. The average molecular weight is 514 g/mol. The quantitative estimate of drug-likeness (QED) is 0.473. The summed E-state index contributed by atoms with van der Waals surface area (Å²) in [6.45, 7) is 4.49. The fourth-order valence-corrected chi connectivity index (χ4v) is 5.26. The highest BCUT2D eigenvalue weighted by Crippen LogP contribution is 2.25. The molecule has 0 aromatic heterocycles. The Morgan fingerprint density at radius 1 is 0.971 bits per heavy atom. The molecule has 1 fully saturated rings. The largest absolute Gasteiger partial charge is 0.484 e. The molecule has 0 bridgehead atoms. The lowest BCUT2D eigenvalue weighted by Crippen LogP contribution is -2.50. The predicted octanol–water partition coefficient (Wildman–Crippen LogP) is 4.20. The van der Waals surface area contributed by atoms with Gasteiger partial charge in [0, 0.05) is 43.9 Å². The first-order chi connectivity index (χ1) is 16.7. The number of piperazine rings is 1. The van der Waals surface area contributed by atoms with Crippen molar-refractivity contribution in [3.63, 3.8) is 0 Å². The lowest BCUT2D eigenvalue weighted by Gasteiger charge is -2.36. The summed E-state index contributed by atoms with van der Waals surface area (Å²) >= 11 is 6.08. The second kappa shape index (κ2) is 10.6. The van der Waals surface area contributed by atoms with Crippen molar-refractivity contribution in [2.45, 2.75) is 11.8 Å². The van der Waals surface area contributed by atoms with Gasteiger partial charge in [-0.25, -0.2) is 8.42 Å². The third-order valence-electron chi connectivity index (χ3n) is 6.05. The molecule has 0 saturated carbocycles. The van der Waals surface area contributed by atoms with Gasteiger partial charge in [0.1, 0.15) is 5.75 Å². The molecule has 184 valence electrons. The van der Waals surface area contributed by atoms with Crippen molar-refractivity contribution in [1.29, 1.82) is 0 Å². The number of benzene rings is 3. The van der Waals surface area contributed by atoms with Gasteiger partial charge in [-0.1, -0.05) is 35.4 Å². The topological polar surface area (TPSA) is 70.2 Å². The second-order valence-electron chi connectivity index (χ2n) is 8.42. The number of rotatable bonds is 7. The van der Waals surface area contributed by atoms with E-state index in [0.717, 1.165) is 24.3 Å². The monoisotopic (exact) mass is 513 g/mol. The van der Waals surface area contributed by atoms with E-state index in [1.165, 1.54) is 11.4 Å². The lowest BCUT2D eigenvalue weighted by molar-refractivity contribution is -0.133. The number of nitrogens with zero attached hydrogens (tertiary/aromatic N) is 3. The van der Waals surface area contributed by atoms with Gasteiger partial charge in [-0.3, -0.25) is 9.10 Å². The number of aryl methyl sites for hydroxylation is 1. The number of hydrogen-bond donors (Lipinski definition) is 0. The van der Waals surface area contributed by atoms with Crippen LogP contribution in [0.3, 0.4) is 0 Å². The van der Waals surface area contributed by atoms with Crippen LogP contribution in [0.15, 0.2) is 77.7 Å². The molecule has 0 aliphatic carbocycles. The molecule has 1 saturated heterocycles. The van der Waals surface area contributed by atoms with Crippen molar-refractivity contribution in [3.8, 4) is 5.75 Å². The molecule has 9 heteroatoms. The number of anilines is 2. The summed E-state index contributed by atoms with van der Waals surface area (Å²) in [7, 11) is -2.16. The van der Waals surface area contributed by atoms with Gasteiger partial charge in [0.15, 0.2) is 6.61 Å². The molecule has 0 atom stereocenters. The molecule has 3 aromatic carbocycles. The van der Waals surface area contributed by atoms with Crippen molar-refractivity contribution in [1.82, 2.24) is 4.90 Å². The van der Waals surface area contributed by atoms with E-state index in [-0.39, 0.29) is 17.4 Å². The molecule has 0 radical (unpaired) electrons. The standard InChI is InChI=1S/C26H28ClN3O4S/c1-20-6-12-25(13-7-20)35(32,33)28(2)22-8-10-24(11-9-22)34-19-26(31)30-16-14-29(15-17-30)23-5-3-4-21(27)18-23/h3-13,18H,14-17,19H2,1-2H3. The number of halogens is 1. The highest BCUT2D eigenvalue weighted by Gasteiger charge is 2.23. The molecular formula is C26H28ClN3O4S. The van der Waals surface area contributed by atoms with Crippen LogP contribution < -0.4 is 13.9 Å². The Morgan fingerprint density at radius 3 is 2.26 bits per heavy atom. The van der Waals surface area contributed by atoms with E-state index in [9.17, 15) is 13.2 Å². The smallest absolute Gasteiger partial charge is 0.264 e.